The summed E-state index contributed by atoms with van der Waals surface area (Å²) in [6.45, 7) is 0.765. The van der Waals surface area contributed by atoms with Gasteiger partial charge < -0.3 is 10.3 Å². The van der Waals surface area contributed by atoms with Gasteiger partial charge in [-0.2, -0.15) is 11.8 Å². The molecule has 2 aromatic rings. The summed E-state index contributed by atoms with van der Waals surface area (Å²) in [7, 11) is 0. The number of aromatic amines is 1. The van der Waals surface area contributed by atoms with E-state index in [-0.39, 0.29) is 5.91 Å². The Bertz CT molecular complexity index is 550. The Kier molecular flexibility index (Phi) is 5.99. The molecule has 0 fully saturated rings. The normalized spacial score (nSPS) is 10.8. The Hall–Kier alpha value is -1.42. The smallest absolute Gasteiger partial charge is 0.251 e. The molecule has 1 heterocycles. The number of carbonyl (C=O) groups is 1. The third-order valence-corrected chi connectivity index (χ3v) is 4.07. The maximum Gasteiger partial charge on any atom is 0.251 e. The van der Waals surface area contributed by atoms with Crippen molar-refractivity contribution in [3.63, 3.8) is 0 Å². The molecule has 0 spiro atoms. The summed E-state index contributed by atoms with van der Waals surface area (Å²) in [5.74, 6) is 1.26. The van der Waals surface area contributed by atoms with Crippen LogP contribution in [0.4, 0.5) is 0 Å². The van der Waals surface area contributed by atoms with Gasteiger partial charge in [-0.25, -0.2) is 0 Å². The molecule has 4 heteroatoms. The standard InChI is InChI=1S/C16H22N2OS/c1-20-11-5-3-2-4-9-18-16(19)14-7-6-13-8-10-17-15(13)12-14/h6-8,10,12,17H,2-5,9,11H2,1H3,(H,18,19). The number of amides is 1. The highest BCUT2D eigenvalue weighted by Crippen LogP contribution is 2.14. The average molecular weight is 290 g/mol. The second kappa shape index (κ2) is 8.00. The van der Waals surface area contributed by atoms with Crippen molar-refractivity contribution in [1.82, 2.24) is 10.3 Å². The fourth-order valence-corrected chi connectivity index (χ4v) is 2.71. The Balaban J connectivity index is 1.71. The first kappa shape index (κ1) is 15.0. The second-order valence-electron chi connectivity index (χ2n) is 4.94. The van der Waals surface area contributed by atoms with Gasteiger partial charge in [0.25, 0.3) is 5.91 Å². The van der Waals surface area contributed by atoms with Crippen LogP contribution >= 0.6 is 11.8 Å². The molecule has 0 unspecified atom stereocenters. The first-order valence-corrected chi connectivity index (χ1v) is 8.55. The van der Waals surface area contributed by atoms with Crippen LogP contribution < -0.4 is 5.32 Å². The number of benzene rings is 1. The van der Waals surface area contributed by atoms with Crippen LogP contribution in [0, 0.1) is 0 Å². The van der Waals surface area contributed by atoms with Crippen molar-refractivity contribution in [2.75, 3.05) is 18.6 Å². The van der Waals surface area contributed by atoms with E-state index in [1.807, 2.05) is 42.2 Å². The predicted octanol–water partition coefficient (Wildman–Crippen LogP) is 3.82. The number of fused-ring (bicyclic) bond motifs is 1. The van der Waals surface area contributed by atoms with Gasteiger partial charge >= 0.3 is 0 Å². The number of carbonyl (C=O) groups excluding carboxylic acids is 1. The van der Waals surface area contributed by atoms with E-state index in [9.17, 15) is 4.79 Å². The van der Waals surface area contributed by atoms with Crippen LogP contribution in [0.3, 0.4) is 0 Å². The number of hydrogen-bond acceptors (Lipinski definition) is 2. The van der Waals surface area contributed by atoms with Crippen molar-refractivity contribution < 1.29 is 4.79 Å². The van der Waals surface area contributed by atoms with E-state index in [2.05, 4.69) is 16.6 Å². The van der Waals surface area contributed by atoms with Crippen LogP contribution in [-0.4, -0.2) is 29.4 Å². The highest BCUT2D eigenvalue weighted by atomic mass is 32.2. The summed E-state index contributed by atoms with van der Waals surface area (Å²) in [6.07, 6.45) is 8.81. The SMILES string of the molecule is CSCCCCCCNC(=O)c1ccc2cc[nH]c2c1. The van der Waals surface area contributed by atoms with E-state index in [0.717, 1.165) is 29.4 Å². The molecule has 20 heavy (non-hydrogen) atoms. The number of hydrogen-bond donors (Lipinski definition) is 2. The zero-order valence-electron chi connectivity index (χ0n) is 11.9. The summed E-state index contributed by atoms with van der Waals surface area (Å²) in [4.78, 5) is 15.1. The van der Waals surface area contributed by atoms with Crippen molar-refractivity contribution in [2.45, 2.75) is 25.7 Å². The molecule has 108 valence electrons. The van der Waals surface area contributed by atoms with E-state index < -0.39 is 0 Å². The minimum atomic E-state index is 0.0191. The molecule has 0 bridgehead atoms. The third kappa shape index (κ3) is 4.30. The lowest BCUT2D eigenvalue weighted by Gasteiger charge is -2.05. The van der Waals surface area contributed by atoms with Crippen molar-refractivity contribution in [3.8, 4) is 0 Å². The van der Waals surface area contributed by atoms with Crippen molar-refractivity contribution in [2.24, 2.45) is 0 Å². The largest absolute Gasteiger partial charge is 0.361 e. The topological polar surface area (TPSA) is 44.9 Å². The molecule has 1 aromatic carbocycles. The predicted molar refractivity (Wildman–Crippen MR) is 87.5 cm³/mol. The molecule has 0 atom stereocenters. The van der Waals surface area contributed by atoms with Crippen LogP contribution in [0.15, 0.2) is 30.5 Å². The van der Waals surface area contributed by atoms with E-state index in [4.69, 9.17) is 0 Å². The zero-order valence-corrected chi connectivity index (χ0v) is 12.8. The first-order chi connectivity index (χ1) is 9.81. The molecule has 1 aromatic heterocycles. The Morgan fingerprint density at radius 3 is 2.90 bits per heavy atom. The molecule has 1 amide bonds. The summed E-state index contributed by atoms with van der Waals surface area (Å²) >= 11 is 1.90. The van der Waals surface area contributed by atoms with Crippen LogP contribution in [0.1, 0.15) is 36.0 Å². The highest BCUT2D eigenvalue weighted by Gasteiger charge is 2.05. The fraction of sp³-hybridized carbons (Fsp3) is 0.438. The lowest BCUT2D eigenvalue weighted by molar-refractivity contribution is 0.0953. The number of rotatable bonds is 8. The molecular formula is C16H22N2OS. The van der Waals surface area contributed by atoms with E-state index in [1.165, 1.54) is 25.0 Å². The molecule has 0 saturated heterocycles. The molecule has 0 radical (unpaired) electrons. The van der Waals surface area contributed by atoms with Gasteiger partial charge in [0.05, 0.1) is 0 Å². The van der Waals surface area contributed by atoms with Gasteiger partial charge in [0.1, 0.15) is 0 Å². The summed E-state index contributed by atoms with van der Waals surface area (Å²) in [5, 5.41) is 4.12. The second-order valence-corrected chi connectivity index (χ2v) is 5.93. The fourth-order valence-electron chi connectivity index (χ4n) is 2.22. The molecule has 0 aliphatic carbocycles. The van der Waals surface area contributed by atoms with Gasteiger partial charge in [-0.1, -0.05) is 18.9 Å². The molecule has 0 saturated carbocycles. The van der Waals surface area contributed by atoms with E-state index in [0.29, 0.717) is 0 Å². The average Bonchev–Trinajstić information content (AvgIpc) is 2.93. The molecule has 2 rings (SSSR count). The molecule has 0 aliphatic heterocycles. The summed E-state index contributed by atoms with van der Waals surface area (Å²) in [6, 6.07) is 7.77. The first-order valence-electron chi connectivity index (χ1n) is 7.15. The van der Waals surface area contributed by atoms with E-state index >= 15 is 0 Å². The van der Waals surface area contributed by atoms with Crippen LogP contribution in [0.2, 0.25) is 0 Å². The van der Waals surface area contributed by atoms with Gasteiger partial charge in [-0.05, 0) is 48.4 Å². The maximum absolute atomic E-state index is 12.0. The van der Waals surface area contributed by atoms with Crippen LogP contribution in [0.5, 0.6) is 0 Å². The van der Waals surface area contributed by atoms with Gasteiger partial charge in [0.2, 0.25) is 0 Å². The molecular weight excluding hydrogens is 268 g/mol. The van der Waals surface area contributed by atoms with Gasteiger partial charge in [0, 0.05) is 23.8 Å². The highest BCUT2D eigenvalue weighted by molar-refractivity contribution is 7.98. The van der Waals surface area contributed by atoms with Crippen molar-refractivity contribution in [1.29, 1.82) is 0 Å². The summed E-state index contributed by atoms with van der Waals surface area (Å²) < 4.78 is 0. The third-order valence-electron chi connectivity index (χ3n) is 3.38. The Morgan fingerprint density at radius 1 is 1.20 bits per heavy atom. The number of unbranched alkanes of at least 4 members (excludes halogenated alkanes) is 3. The number of thioether (sulfide) groups is 1. The molecule has 2 N–H and O–H groups in total. The molecule has 3 nitrogen and oxygen atoms in total. The van der Waals surface area contributed by atoms with Crippen LogP contribution in [-0.2, 0) is 0 Å². The van der Waals surface area contributed by atoms with Crippen molar-refractivity contribution in [3.05, 3.63) is 36.0 Å². The van der Waals surface area contributed by atoms with Crippen molar-refractivity contribution >= 4 is 28.6 Å². The lowest BCUT2D eigenvalue weighted by atomic mass is 10.1. The zero-order chi connectivity index (χ0) is 14.2. The Labute approximate surface area is 124 Å². The van der Waals surface area contributed by atoms with Gasteiger partial charge in [-0.3, -0.25) is 4.79 Å². The Morgan fingerprint density at radius 2 is 2.05 bits per heavy atom. The minimum absolute atomic E-state index is 0.0191. The number of H-pyrrole nitrogens is 1. The monoisotopic (exact) mass is 290 g/mol. The van der Waals surface area contributed by atoms with E-state index in [1.54, 1.807) is 0 Å². The van der Waals surface area contributed by atoms with Gasteiger partial charge in [0.15, 0.2) is 0 Å². The lowest BCUT2D eigenvalue weighted by Crippen LogP contribution is -2.24. The van der Waals surface area contributed by atoms with Crippen LogP contribution in [0.25, 0.3) is 10.9 Å². The van der Waals surface area contributed by atoms with Gasteiger partial charge in [-0.15, -0.1) is 0 Å². The molecule has 0 aliphatic rings. The maximum atomic E-state index is 12.0. The summed E-state index contributed by atoms with van der Waals surface area (Å²) in [5.41, 5.74) is 1.73. The minimum Gasteiger partial charge on any atom is -0.361 e. The quantitative estimate of drug-likeness (QED) is 0.726. The number of nitrogens with one attached hydrogen (secondary N) is 2. The number of aromatic nitrogens is 1.